The van der Waals surface area contributed by atoms with E-state index < -0.39 is 25.3 Å². The molecule has 0 unspecified atom stereocenters. The molecule has 4 nitrogen and oxygen atoms in total. The van der Waals surface area contributed by atoms with E-state index in [-0.39, 0.29) is 22.7 Å². The summed E-state index contributed by atoms with van der Waals surface area (Å²) in [5, 5.41) is 7.25. The number of amidine groups is 1. The predicted octanol–water partition coefficient (Wildman–Crippen LogP) is 2.69. The van der Waals surface area contributed by atoms with Crippen molar-refractivity contribution in [3.8, 4) is 5.75 Å². The van der Waals surface area contributed by atoms with Crippen molar-refractivity contribution in [1.82, 2.24) is 0 Å². The maximum Gasteiger partial charge on any atom is 0.455 e. The Balaban J connectivity index is 2.79. The fourth-order valence-corrected chi connectivity index (χ4v) is 1.43. The average Bonchev–Trinajstić information content (AvgIpc) is 2.36. The summed E-state index contributed by atoms with van der Waals surface area (Å²) in [5.41, 5.74) is 5.75. The number of rotatable bonds is 6. The van der Waals surface area contributed by atoms with Crippen molar-refractivity contribution in [3.63, 3.8) is 0 Å². The quantitative estimate of drug-likeness (QED) is 0.482. The van der Waals surface area contributed by atoms with Gasteiger partial charge in [0.2, 0.25) is 0 Å². The number of methoxy groups -OCH3 is 1. The fourth-order valence-electron chi connectivity index (χ4n) is 1.43. The topological polar surface area (TPSA) is 68.3 Å². The molecule has 0 spiro atoms. The van der Waals surface area contributed by atoms with Gasteiger partial charge in [-0.25, -0.2) is 0 Å². The Bertz CT molecular complexity index is 517. The van der Waals surface area contributed by atoms with Crippen molar-refractivity contribution in [2.24, 2.45) is 5.73 Å². The Morgan fingerprint density at radius 1 is 1.24 bits per heavy atom. The first-order valence-corrected chi connectivity index (χ1v) is 5.62. The van der Waals surface area contributed by atoms with Crippen LogP contribution in [-0.2, 0) is 11.3 Å². The molecule has 0 aliphatic carbocycles. The summed E-state index contributed by atoms with van der Waals surface area (Å²) in [6.45, 7) is -2.33. The van der Waals surface area contributed by atoms with Gasteiger partial charge in [-0.1, -0.05) is 0 Å². The van der Waals surface area contributed by atoms with E-state index in [0.717, 1.165) is 0 Å². The van der Waals surface area contributed by atoms with Gasteiger partial charge in [-0.05, 0) is 18.2 Å². The summed E-state index contributed by atoms with van der Waals surface area (Å²) in [7, 11) is 1.30. The van der Waals surface area contributed by atoms with E-state index in [4.69, 9.17) is 15.9 Å². The normalized spacial score (nSPS) is 12.3. The molecule has 0 radical (unpaired) electrons. The smallest absolute Gasteiger partial charge is 0.455 e. The monoisotopic (exact) mass is 312 g/mol. The van der Waals surface area contributed by atoms with Crippen LogP contribution in [0.1, 0.15) is 11.1 Å². The third kappa shape index (κ3) is 4.28. The zero-order valence-corrected chi connectivity index (χ0v) is 10.9. The minimum absolute atomic E-state index is 0.211. The number of benzene rings is 1. The highest BCUT2D eigenvalue weighted by Crippen LogP contribution is 2.35. The van der Waals surface area contributed by atoms with Crippen LogP contribution in [0.25, 0.3) is 0 Å². The van der Waals surface area contributed by atoms with Gasteiger partial charge in [0.25, 0.3) is 0 Å². The van der Waals surface area contributed by atoms with Crippen molar-refractivity contribution in [2.75, 3.05) is 13.7 Å². The van der Waals surface area contributed by atoms with Gasteiger partial charge in [0.15, 0.2) is 0 Å². The number of nitrogens with two attached hydrogens (primary N) is 1. The first-order valence-electron chi connectivity index (χ1n) is 5.62. The summed E-state index contributed by atoms with van der Waals surface area (Å²) in [6, 6.07) is 4.19. The van der Waals surface area contributed by atoms with Crippen molar-refractivity contribution >= 4 is 5.84 Å². The van der Waals surface area contributed by atoms with Gasteiger partial charge in [-0.3, -0.25) is 5.41 Å². The number of hydrogen-bond acceptors (Lipinski definition) is 3. The van der Waals surface area contributed by atoms with Gasteiger partial charge in [-0.15, -0.1) is 0 Å². The second kappa shape index (κ2) is 6.25. The van der Waals surface area contributed by atoms with Gasteiger partial charge in [0, 0.05) is 11.1 Å². The molecule has 0 fully saturated rings. The van der Waals surface area contributed by atoms with Gasteiger partial charge in [-0.2, -0.15) is 22.0 Å². The summed E-state index contributed by atoms with van der Waals surface area (Å²) in [5.74, 6) is -4.98. The third-order valence-electron chi connectivity index (χ3n) is 2.55. The van der Waals surface area contributed by atoms with Gasteiger partial charge < -0.3 is 15.2 Å². The van der Waals surface area contributed by atoms with Crippen LogP contribution < -0.4 is 10.5 Å². The van der Waals surface area contributed by atoms with Crippen LogP contribution >= 0.6 is 0 Å². The first-order chi connectivity index (χ1) is 9.58. The highest BCUT2D eigenvalue weighted by atomic mass is 19.4. The lowest BCUT2D eigenvalue weighted by atomic mass is 10.1. The maximum absolute atomic E-state index is 12.7. The standard InChI is InChI=1S/C12H13F5N2O2/c1-20-9-3-2-7(10(18)19)4-8(9)5-21-6-11(13,14)12(15,16)17/h2-4H,5-6H2,1H3,(H3,18,19). The molecule has 118 valence electrons. The summed E-state index contributed by atoms with van der Waals surface area (Å²) < 4.78 is 70.7. The van der Waals surface area contributed by atoms with E-state index in [0.29, 0.717) is 0 Å². The molecule has 3 N–H and O–H groups in total. The molecule has 0 atom stereocenters. The third-order valence-corrected chi connectivity index (χ3v) is 2.55. The number of nitrogens with one attached hydrogen (secondary N) is 1. The number of hydrogen-bond donors (Lipinski definition) is 2. The van der Waals surface area contributed by atoms with E-state index in [1.54, 1.807) is 0 Å². The zero-order valence-electron chi connectivity index (χ0n) is 10.9. The molecule has 0 heterocycles. The summed E-state index contributed by atoms with van der Waals surface area (Å²) in [4.78, 5) is 0. The van der Waals surface area contributed by atoms with E-state index in [1.165, 1.54) is 25.3 Å². The molecule has 0 aliphatic heterocycles. The van der Waals surface area contributed by atoms with E-state index in [9.17, 15) is 22.0 Å². The molecule has 21 heavy (non-hydrogen) atoms. The number of alkyl halides is 5. The van der Waals surface area contributed by atoms with Crippen LogP contribution in [0.2, 0.25) is 0 Å². The first kappa shape index (κ1) is 17.2. The van der Waals surface area contributed by atoms with Crippen LogP contribution in [-0.4, -0.2) is 31.7 Å². The lowest BCUT2D eigenvalue weighted by molar-refractivity contribution is -0.297. The van der Waals surface area contributed by atoms with Crippen molar-refractivity contribution in [3.05, 3.63) is 29.3 Å². The van der Waals surface area contributed by atoms with Gasteiger partial charge in [0.1, 0.15) is 18.2 Å². The zero-order chi connectivity index (χ0) is 16.3. The lowest BCUT2D eigenvalue weighted by Crippen LogP contribution is -2.40. The molecular formula is C12H13F5N2O2. The Kier molecular flexibility index (Phi) is 5.10. The Hall–Kier alpha value is -1.90. The average molecular weight is 312 g/mol. The maximum atomic E-state index is 12.7. The fraction of sp³-hybridized carbons (Fsp3) is 0.417. The molecule has 0 saturated carbocycles. The SMILES string of the molecule is COc1ccc(C(=N)N)cc1COCC(F)(F)C(F)(F)F. The second-order valence-electron chi connectivity index (χ2n) is 4.14. The highest BCUT2D eigenvalue weighted by molar-refractivity contribution is 5.95. The molecule has 0 aromatic heterocycles. The minimum Gasteiger partial charge on any atom is -0.496 e. The number of nitrogen functional groups attached to an aromatic ring is 1. The van der Waals surface area contributed by atoms with Crippen LogP contribution in [0.3, 0.4) is 0 Å². The van der Waals surface area contributed by atoms with Crippen LogP contribution in [0.5, 0.6) is 5.75 Å². The van der Waals surface area contributed by atoms with Crippen molar-refractivity contribution in [1.29, 1.82) is 5.41 Å². The summed E-state index contributed by atoms with van der Waals surface area (Å²) in [6.07, 6.45) is -5.67. The molecule has 1 rings (SSSR count). The summed E-state index contributed by atoms with van der Waals surface area (Å²) >= 11 is 0. The predicted molar refractivity (Wildman–Crippen MR) is 64.7 cm³/mol. The largest absolute Gasteiger partial charge is 0.496 e. The van der Waals surface area contributed by atoms with E-state index >= 15 is 0 Å². The van der Waals surface area contributed by atoms with Crippen molar-refractivity contribution < 1.29 is 31.4 Å². The Morgan fingerprint density at radius 2 is 1.86 bits per heavy atom. The molecular weight excluding hydrogens is 299 g/mol. The van der Waals surface area contributed by atoms with Crippen molar-refractivity contribution in [2.45, 2.75) is 18.7 Å². The van der Waals surface area contributed by atoms with Gasteiger partial charge >= 0.3 is 12.1 Å². The Labute approximate surface area is 117 Å². The highest BCUT2D eigenvalue weighted by Gasteiger charge is 2.57. The molecule has 0 aliphatic rings. The number of halogens is 5. The lowest BCUT2D eigenvalue weighted by Gasteiger charge is -2.19. The molecule has 0 amide bonds. The molecule has 1 aromatic rings. The van der Waals surface area contributed by atoms with Gasteiger partial charge in [0.05, 0.1) is 13.7 Å². The van der Waals surface area contributed by atoms with Crippen LogP contribution in [0.4, 0.5) is 22.0 Å². The van der Waals surface area contributed by atoms with E-state index in [1.807, 2.05) is 0 Å². The number of ether oxygens (including phenoxy) is 2. The second-order valence-corrected chi connectivity index (χ2v) is 4.14. The molecule has 9 heteroatoms. The van der Waals surface area contributed by atoms with Crippen LogP contribution in [0, 0.1) is 5.41 Å². The molecule has 1 aromatic carbocycles. The molecule has 0 saturated heterocycles. The molecule has 0 bridgehead atoms. The Morgan fingerprint density at radius 3 is 2.33 bits per heavy atom. The minimum atomic E-state index is -5.67. The van der Waals surface area contributed by atoms with Crippen LogP contribution in [0.15, 0.2) is 18.2 Å². The van der Waals surface area contributed by atoms with E-state index in [2.05, 4.69) is 4.74 Å².